The molecule has 0 fully saturated rings. The molecular weight excluding hydrogens is 266 g/mol. The SMILES string of the molecule is COc1cccc(C#N)c1Nc1c(N)c(C(C)C)nn1C. The summed E-state index contributed by atoms with van der Waals surface area (Å²) in [5.41, 5.74) is 8.66. The first-order valence-electron chi connectivity index (χ1n) is 6.66. The number of methoxy groups -OCH3 is 1. The molecule has 0 spiro atoms. The standard InChI is InChI=1S/C15H19N5O/c1-9(2)13-12(17)15(20(3)19-13)18-14-10(8-16)6-5-7-11(14)21-4/h5-7,9,18H,17H2,1-4H3. The highest BCUT2D eigenvalue weighted by Gasteiger charge is 2.18. The van der Waals surface area contributed by atoms with Crippen LogP contribution < -0.4 is 15.8 Å². The zero-order valence-corrected chi connectivity index (χ0v) is 12.6. The van der Waals surface area contributed by atoms with Crippen LogP contribution in [0.5, 0.6) is 5.75 Å². The predicted octanol–water partition coefficient (Wildman–Crippen LogP) is 2.75. The lowest BCUT2D eigenvalue weighted by molar-refractivity contribution is 0.416. The zero-order chi connectivity index (χ0) is 15.6. The number of aromatic nitrogens is 2. The Bertz CT molecular complexity index is 697. The molecule has 110 valence electrons. The zero-order valence-electron chi connectivity index (χ0n) is 12.6. The van der Waals surface area contributed by atoms with E-state index >= 15 is 0 Å². The minimum Gasteiger partial charge on any atom is -0.495 e. The summed E-state index contributed by atoms with van der Waals surface area (Å²) in [4.78, 5) is 0. The molecule has 2 rings (SSSR count). The minimum absolute atomic E-state index is 0.222. The Balaban J connectivity index is 2.51. The lowest BCUT2D eigenvalue weighted by Gasteiger charge is -2.13. The molecular formula is C15H19N5O. The fourth-order valence-electron chi connectivity index (χ4n) is 2.18. The number of nitriles is 1. The van der Waals surface area contributed by atoms with Crippen LogP contribution in [0.2, 0.25) is 0 Å². The summed E-state index contributed by atoms with van der Waals surface area (Å²) in [6, 6.07) is 7.43. The maximum absolute atomic E-state index is 9.25. The van der Waals surface area contributed by atoms with Gasteiger partial charge in [0.25, 0.3) is 0 Å². The van der Waals surface area contributed by atoms with Crippen molar-refractivity contribution >= 4 is 17.2 Å². The van der Waals surface area contributed by atoms with Gasteiger partial charge in [0.15, 0.2) is 5.82 Å². The van der Waals surface area contributed by atoms with Gasteiger partial charge in [-0.3, -0.25) is 4.68 Å². The third kappa shape index (κ3) is 2.63. The molecule has 0 saturated heterocycles. The number of hydrogen-bond donors (Lipinski definition) is 2. The van der Waals surface area contributed by atoms with E-state index in [0.29, 0.717) is 28.5 Å². The molecule has 2 aromatic rings. The molecule has 1 aromatic carbocycles. The number of nitrogens with two attached hydrogens (primary N) is 1. The van der Waals surface area contributed by atoms with Crippen LogP contribution in [0.4, 0.5) is 17.2 Å². The maximum atomic E-state index is 9.25. The van der Waals surface area contributed by atoms with Crippen molar-refractivity contribution in [1.82, 2.24) is 9.78 Å². The van der Waals surface area contributed by atoms with Crippen LogP contribution in [-0.2, 0) is 7.05 Å². The summed E-state index contributed by atoms with van der Waals surface area (Å²) in [5, 5.41) is 16.9. The third-order valence-corrected chi connectivity index (χ3v) is 3.27. The number of aryl methyl sites for hydroxylation is 1. The molecule has 6 nitrogen and oxygen atoms in total. The van der Waals surface area contributed by atoms with Crippen LogP contribution in [0.3, 0.4) is 0 Å². The van der Waals surface area contributed by atoms with Crippen molar-refractivity contribution in [3.05, 3.63) is 29.5 Å². The second kappa shape index (κ2) is 5.75. The number of anilines is 3. The average molecular weight is 285 g/mol. The number of nitrogen functional groups attached to an aromatic ring is 1. The van der Waals surface area contributed by atoms with Gasteiger partial charge in [-0.05, 0) is 18.1 Å². The Hall–Kier alpha value is -2.68. The van der Waals surface area contributed by atoms with Crippen LogP contribution >= 0.6 is 0 Å². The minimum atomic E-state index is 0.222. The first-order chi connectivity index (χ1) is 9.99. The third-order valence-electron chi connectivity index (χ3n) is 3.27. The summed E-state index contributed by atoms with van der Waals surface area (Å²) in [6.07, 6.45) is 0. The molecule has 6 heteroatoms. The van der Waals surface area contributed by atoms with Gasteiger partial charge < -0.3 is 15.8 Å². The maximum Gasteiger partial charge on any atom is 0.152 e. The molecule has 1 aromatic heterocycles. The summed E-state index contributed by atoms with van der Waals surface area (Å²) in [5.74, 6) is 1.46. The molecule has 0 aliphatic carbocycles. The smallest absolute Gasteiger partial charge is 0.152 e. The number of hydrogen-bond acceptors (Lipinski definition) is 5. The number of para-hydroxylation sites is 1. The molecule has 0 unspecified atom stereocenters. The van der Waals surface area contributed by atoms with Crippen molar-refractivity contribution in [2.24, 2.45) is 7.05 Å². The predicted molar refractivity (Wildman–Crippen MR) is 82.7 cm³/mol. The van der Waals surface area contributed by atoms with Gasteiger partial charge in [0.2, 0.25) is 0 Å². The van der Waals surface area contributed by atoms with Crippen molar-refractivity contribution in [3.63, 3.8) is 0 Å². The molecule has 0 radical (unpaired) electrons. The highest BCUT2D eigenvalue weighted by molar-refractivity contribution is 5.78. The van der Waals surface area contributed by atoms with E-state index in [1.807, 2.05) is 20.9 Å². The normalized spacial score (nSPS) is 10.5. The van der Waals surface area contributed by atoms with Crippen LogP contribution in [0.15, 0.2) is 18.2 Å². The highest BCUT2D eigenvalue weighted by Crippen LogP contribution is 2.35. The summed E-state index contributed by atoms with van der Waals surface area (Å²) < 4.78 is 6.99. The molecule has 0 aliphatic rings. The van der Waals surface area contributed by atoms with Crippen molar-refractivity contribution in [1.29, 1.82) is 5.26 Å². The fraction of sp³-hybridized carbons (Fsp3) is 0.333. The number of rotatable bonds is 4. The first-order valence-corrected chi connectivity index (χ1v) is 6.66. The van der Waals surface area contributed by atoms with Gasteiger partial charge in [-0.1, -0.05) is 19.9 Å². The lowest BCUT2D eigenvalue weighted by atomic mass is 10.1. The Labute approximate surface area is 124 Å². The Kier molecular flexibility index (Phi) is 4.03. The first kappa shape index (κ1) is 14.7. The fourth-order valence-corrected chi connectivity index (χ4v) is 2.18. The molecule has 3 N–H and O–H groups in total. The monoisotopic (exact) mass is 285 g/mol. The largest absolute Gasteiger partial charge is 0.495 e. The van der Waals surface area contributed by atoms with E-state index in [0.717, 1.165) is 5.69 Å². The van der Waals surface area contributed by atoms with Crippen molar-refractivity contribution in [3.8, 4) is 11.8 Å². The van der Waals surface area contributed by atoms with E-state index in [2.05, 4.69) is 16.5 Å². The Morgan fingerprint density at radius 1 is 1.43 bits per heavy atom. The quantitative estimate of drug-likeness (QED) is 0.901. The van der Waals surface area contributed by atoms with Gasteiger partial charge >= 0.3 is 0 Å². The van der Waals surface area contributed by atoms with E-state index in [1.54, 1.807) is 30.0 Å². The van der Waals surface area contributed by atoms with Crippen LogP contribution in [-0.4, -0.2) is 16.9 Å². The van der Waals surface area contributed by atoms with E-state index in [4.69, 9.17) is 10.5 Å². The number of nitrogens with zero attached hydrogens (tertiary/aromatic N) is 3. The van der Waals surface area contributed by atoms with Crippen molar-refractivity contribution in [2.45, 2.75) is 19.8 Å². The lowest BCUT2D eigenvalue weighted by Crippen LogP contribution is -2.04. The molecule has 0 amide bonds. The molecule has 21 heavy (non-hydrogen) atoms. The summed E-state index contributed by atoms with van der Waals surface area (Å²) in [6.45, 7) is 4.07. The van der Waals surface area contributed by atoms with Crippen molar-refractivity contribution in [2.75, 3.05) is 18.2 Å². The van der Waals surface area contributed by atoms with Gasteiger partial charge in [-0.25, -0.2) is 0 Å². The molecule has 0 atom stereocenters. The topological polar surface area (TPSA) is 88.9 Å². The van der Waals surface area contributed by atoms with Gasteiger partial charge in [-0.15, -0.1) is 0 Å². The van der Waals surface area contributed by atoms with E-state index < -0.39 is 0 Å². The second-order valence-electron chi connectivity index (χ2n) is 5.05. The Morgan fingerprint density at radius 2 is 2.14 bits per heavy atom. The van der Waals surface area contributed by atoms with Crippen LogP contribution in [0, 0.1) is 11.3 Å². The van der Waals surface area contributed by atoms with Gasteiger partial charge in [0.05, 0.1) is 24.1 Å². The molecule has 0 saturated carbocycles. The second-order valence-corrected chi connectivity index (χ2v) is 5.05. The van der Waals surface area contributed by atoms with Gasteiger partial charge in [-0.2, -0.15) is 10.4 Å². The van der Waals surface area contributed by atoms with Crippen molar-refractivity contribution < 1.29 is 4.74 Å². The number of ether oxygens (including phenoxy) is 1. The molecule has 1 heterocycles. The van der Waals surface area contributed by atoms with E-state index in [-0.39, 0.29) is 5.92 Å². The highest BCUT2D eigenvalue weighted by atomic mass is 16.5. The van der Waals surface area contributed by atoms with Gasteiger partial charge in [0, 0.05) is 7.05 Å². The van der Waals surface area contributed by atoms with E-state index in [1.165, 1.54) is 0 Å². The Morgan fingerprint density at radius 3 is 2.67 bits per heavy atom. The molecule has 0 bridgehead atoms. The average Bonchev–Trinajstić information content (AvgIpc) is 2.75. The molecule has 0 aliphatic heterocycles. The number of benzene rings is 1. The summed E-state index contributed by atoms with van der Waals surface area (Å²) in [7, 11) is 3.37. The van der Waals surface area contributed by atoms with Gasteiger partial charge in [0.1, 0.15) is 17.5 Å². The van der Waals surface area contributed by atoms with E-state index in [9.17, 15) is 5.26 Å². The number of nitrogens with one attached hydrogen (secondary N) is 1. The summed E-state index contributed by atoms with van der Waals surface area (Å²) >= 11 is 0. The van der Waals surface area contributed by atoms with Crippen LogP contribution in [0.1, 0.15) is 31.0 Å². The van der Waals surface area contributed by atoms with Crippen LogP contribution in [0.25, 0.3) is 0 Å².